The van der Waals surface area contributed by atoms with Crippen LogP contribution in [0.25, 0.3) is 0 Å². The summed E-state index contributed by atoms with van der Waals surface area (Å²) < 4.78 is 0. The quantitative estimate of drug-likeness (QED) is 0.567. The van der Waals surface area contributed by atoms with Crippen molar-refractivity contribution in [2.75, 3.05) is 0 Å². The van der Waals surface area contributed by atoms with Gasteiger partial charge in [-0.1, -0.05) is 30.4 Å². The van der Waals surface area contributed by atoms with E-state index in [4.69, 9.17) is 5.11 Å². The number of carboxylic acids is 1. The van der Waals surface area contributed by atoms with E-state index in [9.17, 15) is 4.79 Å². The minimum atomic E-state index is -0.935. The highest BCUT2D eigenvalue weighted by atomic mass is 16.4. The van der Waals surface area contributed by atoms with Crippen LogP contribution < -0.4 is 0 Å². The average molecular weight is 222 g/mol. The maximum Gasteiger partial charge on any atom is 0.330 e. The molecule has 0 radical (unpaired) electrons. The zero-order valence-corrected chi connectivity index (χ0v) is 10.5. The first-order valence-electron chi connectivity index (χ1n) is 5.54. The Hall–Kier alpha value is -1.31. The second kappa shape index (κ2) is 7.04. The van der Waals surface area contributed by atoms with Gasteiger partial charge in [-0.2, -0.15) is 0 Å². The van der Waals surface area contributed by atoms with Crippen molar-refractivity contribution in [3.05, 3.63) is 36.0 Å². The van der Waals surface area contributed by atoms with Crippen LogP contribution in [0, 0.1) is 5.92 Å². The van der Waals surface area contributed by atoms with Crippen molar-refractivity contribution >= 4 is 5.97 Å². The fraction of sp³-hybridized carbons (Fsp3) is 0.500. The van der Waals surface area contributed by atoms with Crippen molar-refractivity contribution in [2.45, 2.75) is 40.0 Å². The molecule has 2 heteroatoms. The Balaban J connectivity index is 0.000000325. The second-order valence-corrected chi connectivity index (χ2v) is 4.45. The van der Waals surface area contributed by atoms with Crippen molar-refractivity contribution in [3.8, 4) is 0 Å². The molecule has 0 aromatic heterocycles. The fourth-order valence-corrected chi connectivity index (χ4v) is 1.41. The normalized spacial score (nSPS) is 18.9. The smallest absolute Gasteiger partial charge is 0.330 e. The molecule has 1 unspecified atom stereocenters. The number of rotatable bonds is 2. The first-order valence-corrected chi connectivity index (χ1v) is 5.54. The zero-order chi connectivity index (χ0) is 12.7. The number of carboxylic acid groups (broad SMARTS) is 1. The average Bonchev–Trinajstić information content (AvgIpc) is 2.19. The minimum absolute atomic E-state index is 0.176. The van der Waals surface area contributed by atoms with E-state index in [1.807, 2.05) is 0 Å². The van der Waals surface area contributed by atoms with Gasteiger partial charge < -0.3 is 5.11 Å². The molecule has 0 fully saturated rings. The molecule has 0 heterocycles. The van der Waals surface area contributed by atoms with Crippen LogP contribution in [0.2, 0.25) is 0 Å². The van der Waals surface area contributed by atoms with E-state index in [-0.39, 0.29) is 5.57 Å². The molecule has 0 bridgehead atoms. The van der Waals surface area contributed by atoms with Crippen molar-refractivity contribution in [1.29, 1.82) is 0 Å². The van der Waals surface area contributed by atoms with Crippen LogP contribution in [0.4, 0.5) is 0 Å². The van der Waals surface area contributed by atoms with Crippen LogP contribution in [0.3, 0.4) is 0 Å². The third kappa shape index (κ3) is 6.23. The molecule has 2 nitrogen and oxygen atoms in total. The van der Waals surface area contributed by atoms with Crippen molar-refractivity contribution < 1.29 is 9.90 Å². The largest absolute Gasteiger partial charge is 0.478 e. The summed E-state index contributed by atoms with van der Waals surface area (Å²) in [7, 11) is 0. The van der Waals surface area contributed by atoms with Crippen LogP contribution in [0.15, 0.2) is 36.0 Å². The lowest BCUT2D eigenvalue weighted by molar-refractivity contribution is -0.132. The maximum atomic E-state index is 9.60. The summed E-state index contributed by atoms with van der Waals surface area (Å²) in [6, 6.07) is 0. The van der Waals surface area contributed by atoms with Crippen molar-refractivity contribution in [3.63, 3.8) is 0 Å². The van der Waals surface area contributed by atoms with Gasteiger partial charge in [0, 0.05) is 5.57 Å². The summed E-state index contributed by atoms with van der Waals surface area (Å²) in [6.07, 6.45) is 6.17. The Morgan fingerprint density at radius 2 is 1.94 bits per heavy atom. The summed E-state index contributed by atoms with van der Waals surface area (Å²) in [6.45, 7) is 12.9. The van der Waals surface area contributed by atoms with Gasteiger partial charge in [0.2, 0.25) is 0 Å². The molecular formula is C14H22O2. The van der Waals surface area contributed by atoms with Crippen LogP contribution in [-0.2, 0) is 4.79 Å². The predicted molar refractivity (Wildman–Crippen MR) is 68.4 cm³/mol. The highest BCUT2D eigenvalue weighted by molar-refractivity contribution is 5.84. The van der Waals surface area contributed by atoms with Gasteiger partial charge in [-0.15, -0.1) is 0 Å². The summed E-state index contributed by atoms with van der Waals surface area (Å²) in [4.78, 5) is 9.60. The molecule has 1 aliphatic rings. The Morgan fingerprint density at radius 3 is 2.19 bits per heavy atom. The number of aliphatic carboxylic acids is 1. The summed E-state index contributed by atoms with van der Waals surface area (Å²) >= 11 is 0. The second-order valence-electron chi connectivity index (χ2n) is 4.45. The third-order valence-corrected chi connectivity index (χ3v) is 2.70. The molecule has 16 heavy (non-hydrogen) atoms. The van der Waals surface area contributed by atoms with Gasteiger partial charge in [-0.3, -0.25) is 0 Å². The molecule has 1 N–H and O–H groups in total. The zero-order valence-electron chi connectivity index (χ0n) is 10.5. The lowest BCUT2D eigenvalue weighted by Crippen LogP contribution is -2.04. The van der Waals surface area contributed by atoms with Crippen LogP contribution in [0.5, 0.6) is 0 Å². The molecule has 0 saturated carbocycles. The molecule has 1 atom stereocenters. The van der Waals surface area contributed by atoms with Gasteiger partial charge in [-0.05, 0) is 46.0 Å². The van der Waals surface area contributed by atoms with E-state index >= 15 is 0 Å². The highest BCUT2D eigenvalue weighted by Gasteiger charge is 2.11. The number of hydrogen-bond donors (Lipinski definition) is 1. The van der Waals surface area contributed by atoms with Crippen LogP contribution in [-0.4, -0.2) is 11.1 Å². The Labute approximate surface area is 98.4 Å². The van der Waals surface area contributed by atoms with Crippen LogP contribution >= 0.6 is 0 Å². The highest BCUT2D eigenvalue weighted by Crippen LogP contribution is 2.27. The van der Waals surface area contributed by atoms with Crippen molar-refractivity contribution in [1.82, 2.24) is 0 Å². The molecule has 0 saturated heterocycles. The number of carbonyl (C=O) groups is 1. The van der Waals surface area contributed by atoms with Gasteiger partial charge in [0.1, 0.15) is 0 Å². The minimum Gasteiger partial charge on any atom is -0.478 e. The van der Waals surface area contributed by atoms with Gasteiger partial charge in [-0.25, -0.2) is 4.79 Å². The third-order valence-electron chi connectivity index (χ3n) is 2.70. The lowest BCUT2D eigenvalue weighted by atomic mass is 9.86. The van der Waals surface area contributed by atoms with Crippen LogP contribution in [0.1, 0.15) is 40.0 Å². The van der Waals surface area contributed by atoms with Gasteiger partial charge in [0.15, 0.2) is 0 Å². The summed E-state index contributed by atoms with van der Waals surface area (Å²) in [5.41, 5.74) is 3.08. The SMILES string of the molecule is C=C(C)C(=O)O.C=C(C)C1CC=C(C)CC1. The Kier molecular flexibility index (Phi) is 6.47. The van der Waals surface area contributed by atoms with E-state index in [0.717, 1.165) is 5.92 Å². The molecule has 0 spiro atoms. The van der Waals surface area contributed by atoms with E-state index in [2.05, 4.69) is 33.1 Å². The van der Waals surface area contributed by atoms with E-state index < -0.39 is 5.97 Å². The summed E-state index contributed by atoms with van der Waals surface area (Å²) in [5.74, 6) is -0.168. The van der Waals surface area contributed by atoms with E-state index in [1.54, 1.807) is 5.57 Å². The lowest BCUT2D eigenvalue weighted by Gasteiger charge is -2.19. The Bertz CT molecular complexity index is 299. The number of hydrogen-bond acceptors (Lipinski definition) is 1. The molecule has 0 aromatic rings. The molecule has 0 aromatic carbocycles. The molecule has 1 aliphatic carbocycles. The summed E-state index contributed by atoms with van der Waals surface area (Å²) in [5, 5.41) is 7.89. The number of allylic oxidation sites excluding steroid dienone is 3. The monoisotopic (exact) mass is 222 g/mol. The topological polar surface area (TPSA) is 37.3 Å². The fourth-order valence-electron chi connectivity index (χ4n) is 1.41. The predicted octanol–water partition coefficient (Wildman–Crippen LogP) is 3.96. The molecule has 0 aliphatic heterocycles. The molecule has 0 amide bonds. The van der Waals surface area contributed by atoms with Gasteiger partial charge >= 0.3 is 5.97 Å². The maximum absolute atomic E-state index is 9.60. The molecule has 1 rings (SSSR count). The first-order chi connectivity index (χ1) is 7.34. The Morgan fingerprint density at radius 1 is 1.44 bits per heavy atom. The standard InChI is InChI=1S/C10H16.C4H6O2/c1-8(2)10-6-4-9(3)5-7-10;1-3(2)4(5)6/h4,10H,1,5-7H2,2-3H3;1H2,2H3,(H,5,6). The van der Waals surface area contributed by atoms with Crippen molar-refractivity contribution in [2.24, 2.45) is 5.92 Å². The van der Waals surface area contributed by atoms with Gasteiger partial charge in [0.25, 0.3) is 0 Å². The van der Waals surface area contributed by atoms with Gasteiger partial charge in [0.05, 0.1) is 0 Å². The first kappa shape index (κ1) is 14.7. The van der Waals surface area contributed by atoms with E-state index in [0.29, 0.717) is 0 Å². The van der Waals surface area contributed by atoms with E-state index in [1.165, 1.54) is 31.8 Å². The molecule has 90 valence electrons. The molecular weight excluding hydrogens is 200 g/mol.